The molecule has 3 N–H and O–H groups in total. The van der Waals surface area contributed by atoms with Gasteiger partial charge in [-0.25, -0.2) is 22.5 Å². The minimum absolute atomic E-state index is 0.0340. The first kappa shape index (κ1) is 13.9. The fourth-order valence-corrected chi connectivity index (χ4v) is 3.08. The normalized spacial score (nSPS) is 11.6. The largest absolute Gasteiger partial charge is 0.375 e. The average molecular weight is 301 g/mol. The monoisotopic (exact) mass is 301 g/mol. The number of nitrogens with two attached hydrogens (primary N) is 1. The first-order valence-electron chi connectivity index (χ1n) is 5.42. The highest BCUT2D eigenvalue weighted by atomic mass is 32.2. The predicted octanol–water partition coefficient (Wildman–Crippen LogP) is 1.39. The molecule has 0 amide bonds. The Morgan fingerprint density at radius 3 is 2.58 bits per heavy atom. The van der Waals surface area contributed by atoms with Gasteiger partial charge >= 0.3 is 0 Å². The number of nitrogen functional groups attached to an aromatic ring is 1. The minimum atomic E-state index is -3.61. The molecule has 0 saturated carbocycles. The van der Waals surface area contributed by atoms with E-state index in [2.05, 4.69) is 9.71 Å². The molecule has 102 valence electrons. The van der Waals surface area contributed by atoms with Crippen LogP contribution in [0, 0.1) is 5.82 Å². The quantitative estimate of drug-likeness (QED) is 0.874. The second-order valence-electron chi connectivity index (χ2n) is 3.78. The molecule has 0 atom stereocenters. The second-order valence-corrected chi connectivity index (χ2v) is 6.44. The highest BCUT2D eigenvalue weighted by molar-refractivity contribution is 7.89. The summed E-state index contributed by atoms with van der Waals surface area (Å²) in [4.78, 5) is 4.06. The van der Waals surface area contributed by atoms with Gasteiger partial charge in [0.15, 0.2) is 5.13 Å². The fourth-order valence-electron chi connectivity index (χ4n) is 1.45. The van der Waals surface area contributed by atoms with Crippen LogP contribution in [0.25, 0.3) is 0 Å². The molecule has 0 radical (unpaired) electrons. The van der Waals surface area contributed by atoms with Crippen LogP contribution in [-0.2, 0) is 16.4 Å². The molecule has 1 aromatic heterocycles. The molecule has 5 nitrogen and oxygen atoms in total. The van der Waals surface area contributed by atoms with Crippen LogP contribution >= 0.6 is 11.3 Å². The Hall–Kier alpha value is -1.51. The summed E-state index contributed by atoms with van der Waals surface area (Å²) in [6.07, 6.45) is 0.453. The zero-order valence-electron chi connectivity index (χ0n) is 9.84. The lowest BCUT2D eigenvalue weighted by Crippen LogP contribution is -2.26. The number of nitrogens with one attached hydrogen (secondary N) is 1. The molecular formula is C11H12FN3O2S2. The van der Waals surface area contributed by atoms with Gasteiger partial charge < -0.3 is 5.73 Å². The maximum atomic E-state index is 12.7. The van der Waals surface area contributed by atoms with E-state index in [1.54, 1.807) is 5.38 Å². The van der Waals surface area contributed by atoms with E-state index in [-0.39, 0.29) is 11.4 Å². The van der Waals surface area contributed by atoms with Crippen molar-refractivity contribution in [2.24, 2.45) is 0 Å². The van der Waals surface area contributed by atoms with Gasteiger partial charge in [0.2, 0.25) is 10.0 Å². The first-order chi connectivity index (χ1) is 8.97. The van der Waals surface area contributed by atoms with Gasteiger partial charge in [-0.1, -0.05) is 0 Å². The lowest BCUT2D eigenvalue weighted by Gasteiger charge is -2.05. The Bertz CT molecular complexity index is 653. The number of rotatable bonds is 5. The van der Waals surface area contributed by atoms with Crippen LogP contribution in [0.15, 0.2) is 34.5 Å². The van der Waals surface area contributed by atoms with E-state index in [0.717, 1.165) is 17.8 Å². The van der Waals surface area contributed by atoms with Gasteiger partial charge in [-0.2, -0.15) is 0 Å². The third-order valence-electron chi connectivity index (χ3n) is 2.37. The standard InChI is InChI=1S/C11H12FN3O2S2/c12-8-1-3-10(4-2-8)19(16,17)14-6-5-9-7-18-11(13)15-9/h1-4,7,14H,5-6H2,(H2,13,15). The summed E-state index contributed by atoms with van der Waals surface area (Å²) in [5.41, 5.74) is 6.21. The number of aromatic nitrogens is 1. The lowest BCUT2D eigenvalue weighted by molar-refractivity contribution is 0.580. The molecule has 0 spiro atoms. The third kappa shape index (κ3) is 3.72. The zero-order chi connectivity index (χ0) is 13.9. The maximum absolute atomic E-state index is 12.7. The molecule has 0 bridgehead atoms. The SMILES string of the molecule is Nc1nc(CCNS(=O)(=O)c2ccc(F)cc2)cs1. The summed E-state index contributed by atoms with van der Waals surface area (Å²) in [6, 6.07) is 4.66. The predicted molar refractivity (Wildman–Crippen MR) is 71.8 cm³/mol. The summed E-state index contributed by atoms with van der Waals surface area (Å²) in [5.74, 6) is -0.475. The van der Waals surface area contributed by atoms with Crippen molar-refractivity contribution in [3.63, 3.8) is 0 Å². The number of halogens is 1. The van der Waals surface area contributed by atoms with Gasteiger partial charge in [0, 0.05) is 18.3 Å². The zero-order valence-corrected chi connectivity index (χ0v) is 11.5. The van der Waals surface area contributed by atoms with E-state index < -0.39 is 15.8 Å². The van der Waals surface area contributed by atoms with Crippen LogP contribution in [0.4, 0.5) is 9.52 Å². The molecule has 19 heavy (non-hydrogen) atoms. The molecule has 2 rings (SSSR count). The number of nitrogens with zero attached hydrogens (tertiary/aromatic N) is 1. The van der Waals surface area contributed by atoms with Gasteiger partial charge in [0.05, 0.1) is 10.6 Å². The molecule has 1 heterocycles. The Morgan fingerprint density at radius 2 is 2.00 bits per heavy atom. The van der Waals surface area contributed by atoms with Gasteiger partial charge in [0.1, 0.15) is 5.82 Å². The van der Waals surface area contributed by atoms with Gasteiger partial charge in [-0.15, -0.1) is 11.3 Å². The maximum Gasteiger partial charge on any atom is 0.240 e. The molecular weight excluding hydrogens is 289 g/mol. The molecule has 0 aliphatic rings. The van der Waals surface area contributed by atoms with E-state index >= 15 is 0 Å². The topological polar surface area (TPSA) is 85.1 Å². The Labute approximate surface area is 114 Å². The van der Waals surface area contributed by atoms with Crippen LogP contribution in [0.5, 0.6) is 0 Å². The summed E-state index contributed by atoms with van der Waals surface area (Å²) in [7, 11) is -3.61. The van der Waals surface area contributed by atoms with Crippen molar-refractivity contribution in [2.45, 2.75) is 11.3 Å². The first-order valence-corrected chi connectivity index (χ1v) is 7.79. The second kappa shape index (κ2) is 5.64. The Kier molecular flexibility index (Phi) is 4.13. The van der Waals surface area contributed by atoms with Crippen molar-refractivity contribution in [2.75, 3.05) is 12.3 Å². The average Bonchev–Trinajstić information content (AvgIpc) is 2.75. The molecule has 8 heteroatoms. The molecule has 0 fully saturated rings. The number of anilines is 1. The molecule has 1 aromatic carbocycles. The minimum Gasteiger partial charge on any atom is -0.375 e. The van der Waals surface area contributed by atoms with Crippen LogP contribution in [0.3, 0.4) is 0 Å². The van der Waals surface area contributed by atoms with Crippen molar-refractivity contribution in [3.8, 4) is 0 Å². The van der Waals surface area contributed by atoms with Crippen molar-refractivity contribution in [1.82, 2.24) is 9.71 Å². The molecule has 0 aliphatic heterocycles. The number of hydrogen-bond donors (Lipinski definition) is 2. The van der Waals surface area contributed by atoms with Crippen LogP contribution < -0.4 is 10.5 Å². The molecule has 0 saturated heterocycles. The van der Waals surface area contributed by atoms with Crippen molar-refractivity contribution < 1.29 is 12.8 Å². The van der Waals surface area contributed by atoms with Crippen molar-refractivity contribution >= 4 is 26.5 Å². The van der Waals surface area contributed by atoms with E-state index in [9.17, 15) is 12.8 Å². The smallest absolute Gasteiger partial charge is 0.240 e. The van der Waals surface area contributed by atoms with Crippen LogP contribution in [-0.4, -0.2) is 19.9 Å². The number of sulfonamides is 1. The van der Waals surface area contributed by atoms with Gasteiger partial charge in [0.25, 0.3) is 0 Å². The van der Waals surface area contributed by atoms with Crippen LogP contribution in [0.2, 0.25) is 0 Å². The summed E-state index contributed by atoms with van der Waals surface area (Å²) >= 11 is 1.31. The van der Waals surface area contributed by atoms with Crippen LogP contribution in [0.1, 0.15) is 5.69 Å². The fraction of sp³-hybridized carbons (Fsp3) is 0.182. The van der Waals surface area contributed by atoms with Gasteiger partial charge in [-0.3, -0.25) is 0 Å². The Morgan fingerprint density at radius 1 is 1.32 bits per heavy atom. The van der Waals surface area contributed by atoms with E-state index in [4.69, 9.17) is 5.73 Å². The number of thiazole rings is 1. The Balaban J connectivity index is 1.96. The summed E-state index contributed by atoms with van der Waals surface area (Å²) in [6.45, 7) is 0.211. The summed E-state index contributed by atoms with van der Waals surface area (Å²) in [5, 5.41) is 2.23. The van der Waals surface area contributed by atoms with Crippen molar-refractivity contribution in [1.29, 1.82) is 0 Å². The molecule has 0 unspecified atom stereocenters. The summed E-state index contributed by atoms with van der Waals surface area (Å²) < 4.78 is 38.9. The molecule has 2 aromatic rings. The highest BCUT2D eigenvalue weighted by Crippen LogP contribution is 2.12. The van der Waals surface area contributed by atoms with E-state index in [1.807, 2.05) is 0 Å². The molecule has 0 aliphatic carbocycles. The van der Waals surface area contributed by atoms with E-state index in [0.29, 0.717) is 11.6 Å². The van der Waals surface area contributed by atoms with Gasteiger partial charge in [-0.05, 0) is 24.3 Å². The number of benzene rings is 1. The lowest BCUT2D eigenvalue weighted by atomic mass is 10.3. The van der Waals surface area contributed by atoms with Crippen molar-refractivity contribution in [3.05, 3.63) is 41.2 Å². The third-order valence-corrected chi connectivity index (χ3v) is 4.57. The highest BCUT2D eigenvalue weighted by Gasteiger charge is 2.13. The number of hydrogen-bond acceptors (Lipinski definition) is 5. The van der Waals surface area contributed by atoms with E-state index in [1.165, 1.54) is 23.5 Å².